The molecule has 116 valence electrons. The number of halogens is 2. The summed E-state index contributed by atoms with van der Waals surface area (Å²) >= 11 is 0. The van der Waals surface area contributed by atoms with Crippen molar-refractivity contribution < 1.29 is 23.0 Å². The highest BCUT2D eigenvalue weighted by molar-refractivity contribution is 5.77. The highest BCUT2D eigenvalue weighted by Crippen LogP contribution is 2.17. The second-order valence-corrected chi connectivity index (χ2v) is 4.46. The van der Waals surface area contributed by atoms with Crippen molar-refractivity contribution in [2.24, 2.45) is 0 Å². The lowest BCUT2D eigenvalue weighted by atomic mass is 10.2. The van der Waals surface area contributed by atoms with Crippen molar-refractivity contribution in [2.75, 3.05) is 13.7 Å². The number of hydrogen-bond donors (Lipinski definition) is 1. The first-order valence-electron chi connectivity index (χ1n) is 6.56. The minimum atomic E-state index is -0.535. The normalized spacial score (nSPS) is 10.1. The van der Waals surface area contributed by atoms with E-state index in [1.54, 1.807) is 12.1 Å². The lowest BCUT2D eigenvalue weighted by molar-refractivity contribution is -0.123. The summed E-state index contributed by atoms with van der Waals surface area (Å²) in [5, 5.41) is 2.56. The van der Waals surface area contributed by atoms with Gasteiger partial charge in [0.15, 0.2) is 29.7 Å². The number of hydrogen-bond acceptors (Lipinski definition) is 3. The molecular weight excluding hydrogens is 292 g/mol. The fourth-order valence-electron chi connectivity index (χ4n) is 1.78. The first-order valence-corrected chi connectivity index (χ1v) is 6.56. The van der Waals surface area contributed by atoms with E-state index in [1.165, 1.54) is 37.4 Å². The molecule has 0 radical (unpaired) electrons. The lowest BCUT2D eigenvalue weighted by Crippen LogP contribution is -2.28. The van der Waals surface area contributed by atoms with Gasteiger partial charge in [0.05, 0.1) is 7.11 Å². The Morgan fingerprint density at radius 1 is 1.09 bits per heavy atom. The molecule has 4 nitrogen and oxygen atoms in total. The second-order valence-electron chi connectivity index (χ2n) is 4.46. The van der Waals surface area contributed by atoms with Crippen LogP contribution in [0.2, 0.25) is 0 Å². The van der Waals surface area contributed by atoms with Crippen LogP contribution in [0.5, 0.6) is 11.5 Å². The van der Waals surface area contributed by atoms with Crippen LogP contribution in [0.4, 0.5) is 8.78 Å². The highest BCUT2D eigenvalue weighted by Gasteiger charge is 2.07. The fourth-order valence-corrected chi connectivity index (χ4v) is 1.78. The number of carbonyl (C=O) groups excluding carboxylic acids is 1. The van der Waals surface area contributed by atoms with Crippen LogP contribution in [0, 0.1) is 11.6 Å². The molecule has 0 heterocycles. The van der Waals surface area contributed by atoms with Crippen molar-refractivity contribution in [3.05, 3.63) is 59.7 Å². The molecule has 0 saturated heterocycles. The molecule has 0 aromatic heterocycles. The smallest absolute Gasteiger partial charge is 0.258 e. The molecule has 0 bridgehead atoms. The van der Waals surface area contributed by atoms with Crippen LogP contribution in [0.15, 0.2) is 42.5 Å². The van der Waals surface area contributed by atoms with Crippen LogP contribution in [0.3, 0.4) is 0 Å². The average Bonchev–Trinajstić information content (AvgIpc) is 2.52. The van der Waals surface area contributed by atoms with Crippen LogP contribution in [0.1, 0.15) is 5.56 Å². The maximum absolute atomic E-state index is 13.5. The van der Waals surface area contributed by atoms with Gasteiger partial charge in [0.25, 0.3) is 5.91 Å². The zero-order valence-corrected chi connectivity index (χ0v) is 11.9. The van der Waals surface area contributed by atoms with Crippen molar-refractivity contribution in [1.29, 1.82) is 0 Å². The Labute approximate surface area is 126 Å². The molecule has 2 rings (SSSR count). The monoisotopic (exact) mass is 307 g/mol. The molecule has 22 heavy (non-hydrogen) atoms. The van der Waals surface area contributed by atoms with Crippen LogP contribution >= 0.6 is 0 Å². The standard InChI is InChI=1S/C16H15F2NO3/c1-21-14-7-6-11(8-13(14)18)9-19-16(20)10-22-15-5-3-2-4-12(15)17/h2-8H,9-10H2,1H3,(H,19,20). The summed E-state index contributed by atoms with van der Waals surface area (Å²) in [6, 6.07) is 10.2. The summed E-state index contributed by atoms with van der Waals surface area (Å²) in [4.78, 5) is 11.6. The van der Waals surface area contributed by atoms with E-state index >= 15 is 0 Å². The third-order valence-electron chi connectivity index (χ3n) is 2.90. The Morgan fingerprint density at radius 2 is 1.86 bits per heavy atom. The fraction of sp³-hybridized carbons (Fsp3) is 0.188. The molecule has 0 saturated carbocycles. The Bertz CT molecular complexity index is 662. The number of nitrogens with one attached hydrogen (secondary N) is 1. The van der Waals surface area contributed by atoms with Crippen molar-refractivity contribution in [2.45, 2.75) is 6.54 Å². The first-order chi connectivity index (χ1) is 10.6. The second kappa shape index (κ2) is 7.40. The number of methoxy groups -OCH3 is 1. The van der Waals surface area contributed by atoms with Gasteiger partial charge in [-0.05, 0) is 29.8 Å². The number of benzene rings is 2. The van der Waals surface area contributed by atoms with E-state index in [2.05, 4.69) is 5.32 Å². The van der Waals surface area contributed by atoms with Crippen LogP contribution in [-0.4, -0.2) is 19.6 Å². The summed E-state index contributed by atoms with van der Waals surface area (Å²) in [7, 11) is 1.37. The first kappa shape index (κ1) is 15.8. The van der Waals surface area contributed by atoms with Crippen LogP contribution in [0.25, 0.3) is 0 Å². The summed E-state index contributed by atoms with van der Waals surface area (Å²) in [5.74, 6) is -1.32. The molecule has 0 spiro atoms. The summed E-state index contributed by atoms with van der Waals surface area (Å²) < 4.78 is 36.7. The quantitative estimate of drug-likeness (QED) is 0.892. The topological polar surface area (TPSA) is 47.6 Å². The molecule has 2 aromatic carbocycles. The predicted molar refractivity (Wildman–Crippen MR) is 76.7 cm³/mol. The van der Waals surface area contributed by atoms with Crippen LogP contribution in [-0.2, 0) is 11.3 Å². The van der Waals surface area contributed by atoms with Gasteiger partial charge in [-0.2, -0.15) is 0 Å². The molecule has 0 aliphatic rings. The molecule has 0 unspecified atom stereocenters. The molecule has 0 aliphatic carbocycles. The molecule has 0 aliphatic heterocycles. The van der Waals surface area contributed by atoms with Gasteiger partial charge in [0.2, 0.25) is 0 Å². The Hall–Kier alpha value is -2.63. The Kier molecular flexibility index (Phi) is 5.30. The number of rotatable bonds is 6. The van der Waals surface area contributed by atoms with Gasteiger partial charge >= 0.3 is 0 Å². The Balaban J connectivity index is 1.83. The highest BCUT2D eigenvalue weighted by atomic mass is 19.1. The van der Waals surface area contributed by atoms with Gasteiger partial charge < -0.3 is 14.8 Å². The molecule has 0 fully saturated rings. The predicted octanol–water partition coefficient (Wildman–Crippen LogP) is 2.67. The number of para-hydroxylation sites is 1. The number of carbonyl (C=O) groups is 1. The summed E-state index contributed by atoms with van der Waals surface area (Å²) in [5.41, 5.74) is 0.581. The molecule has 6 heteroatoms. The van der Waals surface area contributed by atoms with Crippen LogP contribution < -0.4 is 14.8 Å². The number of amides is 1. The summed E-state index contributed by atoms with van der Waals surface area (Å²) in [6.07, 6.45) is 0. The minimum Gasteiger partial charge on any atom is -0.494 e. The molecule has 1 amide bonds. The summed E-state index contributed by atoms with van der Waals surface area (Å²) in [6.45, 7) is -0.181. The van der Waals surface area contributed by atoms with Crippen molar-refractivity contribution in [1.82, 2.24) is 5.32 Å². The molecule has 2 aromatic rings. The third kappa shape index (κ3) is 4.18. The largest absolute Gasteiger partial charge is 0.494 e. The van der Waals surface area contributed by atoms with Crippen molar-refractivity contribution in [3.63, 3.8) is 0 Å². The zero-order chi connectivity index (χ0) is 15.9. The van der Waals surface area contributed by atoms with E-state index in [0.29, 0.717) is 5.56 Å². The third-order valence-corrected chi connectivity index (χ3v) is 2.90. The van der Waals surface area contributed by atoms with Gasteiger partial charge in [-0.15, -0.1) is 0 Å². The van der Waals surface area contributed by atoms with Gasteiger partial charge in [-0.3, -0.25) is 4.79 Å². The van der Waals surface area contributed by atoms with E-state index in [9.17, 15) is 13.6 Å². The minimum absolute atomic E-state index is 0.00754. The van der Waals surface area contributed by atoms with E-state index in [0.717, 1.165) is 0 Å². The van der Waals surface area contributed by atoms with Gasteiger partial charge in [-0.1, -0.05) is 18.2 Å². The van der Waals surface area contributed by atoms with Crippen molar-refractivity contribution in [3.8, 4) is 11.5 Å². The van der Waals surface area contributed by atoms with Crippen molar-refractivity contribution >= 4 is 5.91 Å². The maximum Gasteiger partial charge on any atom is 0.258 e. The van der Waals surface area contributed by atoms with E-state index in [1.807, 2.05) is 0 Å². The Morgan fingerprint density at radius 3 is 2.55 bits per heavy atom. The average molecular weight is 307 g/mol. The SMILES string of the molecule is COc1ccc(CNC(=O)COc2ccccc2F)cc1F. The van der Waals surface area contributed by atoms with Gasteiger partial charge in [0.1, 0.15) is 0 Å². The van der Waals surface area contributed by atoms with E-state index in [-0.39, 0.29) is 24.7 Å². The lowest BCUT2D eigenvalue weighted by Gasteiger charge is -2.09. The van der Waals surface area contributed by atoms with Gasteiger partial charge in [0, 0.05) is 6.54 Å². The number of ether oxygens (including phenoxy) is 2. The molecule has 0 atom stereocenters. The molecular formula is C16H15F2NO3. The van der Waals surface area contributed by atoms with E-state index in [4.69, 9.17) is 9.47 Å². The van der Waals surface area contributed by atoms with E-state index < -0.39 is 17.5 Å². The van der Waals surface area contributed by atoms with Gasteiger partial charge in [-0.25, -0.2) is 8.78 Å². The maximum atomic E-state index is 13.5. The zero-order valence-electron chi connectivity index (χ0n) is 11.9. The molecule has 1 N–H and O–H groups in total.